The number of nitrogens with zero attached hydrogens (tertiary/aromatic N) is 1. The molecule has 1 aromatic rings. The summed E-state index contributed by atoms with van der Waals surface area (Å²) in [7, 11) is 0. The first-order valence-corrected chi connectivity index (χ1v) is 12.5. The summed E-state index contributed by atoms with van der Waals surface area (Å²) >= 11 is 1.83. The summed E-state index contributed by atoms with van der Waals surface area (Å²) in [5.41, 5.74) is 1.73. The Bertz CT molecular complexity index is 725. The van der Waals surface area contributed by atoms with Crippen LogP contribution in [0.3, 0.4) is 0 Å². The first-order valence-electron chi connectivity index (χ1n) is 11.5. The largest absolute Gasteiger partial charge is 0.352 e. The predicted molar refractivity (Wildman–Crippen MR) is 119 cm³/mol. The summed E-state index contributed by atoms with van der Waals surface area (Å²) in [4.78, 5) is 28.9. The maximum absolute atomic E-state index is 13.7. The van der Waals surface area contributed by atoms with Crippen molar-refractivity contribution in [1.82, 2.24) is 10.2 Å². The molecule has 0 radical (unpaired) electrons. The summed E-state index contributed by atoms with van der Waals surface area (Å²) in [5.74, 6) is 1.32. The van der Waals surface area contributed by atoms with Gasteiger partial charge in [-0.15, -0.1) is 11.8 Å². The molecular formula is C24H34N2O2S. The number of hydrogen-bond acceptors (Lipinski definition) is 3. The Kier molecular flexibility index (Phi) is 6.84. The van der Waals surface area contributed by atoms with E-state index >= 15 is 0 Å². The average molecular weight is 415 g/mol. The van der Waals surface area contributed by atoms with Crippen LogP contribution in [-0.2, 0) is 4.79 Å². The van der Waals surface area contributed by atoms with Crippen molar-refractivity contribution in [3.8, 4) is 0 Å². The monoisotopic (exact) mass is 414 g/mol. The molecule has 4 rings (SSSR count). The van der Waals surface area contributed by atoms with E-state index in [2.05, 4.69) is 5.32 Å². The van der Waals surface area contributed by atoms with Crippen LogP contribution in [0.4, 0.5) is 0 Å². The lowest BCUT2D eigenvalue weighted by molar-refractivity contribution is -0.126. The van der Waals surface area contributed by atoms with Crippen LogP contribution in [0.15, 0.2) is 24.3 Å². The number of benzene rings is 1. The molecule has 1 saturated heterocycles. The minimum atomic E-state index is -0.346. The van der Waals surface area contributed by atoms with Crippen LogP contribution in [0.1, 0.15) is 80.1 Å². The van der Waals surface area contributed by atoms with Gasteiger partial charge in [-0.05, 0) is 50.2 Å². The van der Waals surface area contributed by atoms with Crippen molar-refractivity contribution in [3.63, 3.8) is 0 Å². The molecule has 2 atom stereocenters. The highest BCUT2D eigenvalue weighted by atomic mass is 32.2. The van der Waals surface area contributed by atoms with Crippen LogP contribution in [0.5, 0.6) is 0 Å². The fourth-order valence-electron chi connectivity index (χ4n) is 5.27. The van der Waals surface area contributed by atoms with Gasteiger partial charge in [0.15, 0.2) is 0 Å². The van der Waals surface area contributed by atoms with Gasteiger partial charge in [0.1, 0.15) is 6.04 Å². The molecule has 2 aliphatic carbocycles. The van der Waals surface area contributed by atoms with Crippen molar-refractivity contribution in [2.75, 3.05) is 5.75 Å². The quantitative estimate of drug-likeness (QED) is 0.762. The van der Waals surface area contributed by atoms with Crippen LogP contribution in [0.25, 0.3) is 0 Å². The molecule has 0 aromatic heterocycles. The fraction of sp³-hybridized carbons (Fsp3) is 0.667. The van der Waals surface area contributed by atoms with Gasteiger partial charge in [-0.1, -0.05) is 56.7 Å². The number of carbonyl (C=O) groups excluding carboxylic acids is 2. The molecule has 29 heavy (non-hydrogen) atoms. The van der Waals surface area contributed by atoms with Crippen molar-refractivity contribution in [2.45, 2.75) is 88.6 Å². The normalized spacial score (nSPS) is 26.4. The molecule has 2 saturated carbocycles. The zero-order valence-electron chi connectivity index (χ0n) is 17.6. The van der Waals surface area contributed by atoms with E-state index in [0.29, 0.717) is 5.92 Å². The van der Waals surface area contributed by atoms with E-state index in [1.165, 1.54) is 51.4 Å². The maximum atomic E-state index is 13.7. The van der Waals surface area contributed by atoms with Crippen LogP contribution in [0.2, 0.25) is 0 Å². The third kappa shape index (κ3) is 4.65. The molecule has 4 nitrogen and oxygen atoms in total. The molecule has 3 fully saturated rings. The van der Waals surface area contributed by atoms with Gasteiger partial charge in [-0.2, -0.15) is 0 Å². The van der Waals surface area contributed by atoms with Gasteiger partial charge < -0.3 is 10.2 Å². The molecule has 2 unspecified atom stereocenters. The molecule has 0 spiro atoms. The van der Waals surface area contributed by atoms with Gasteiger partial charge >= 0.3 is 0 Å². The number of nitrogens with one attached hydrogen (secondary N) is 1. The van der Waals surface area contributed by atoms with E-state index < -0.39 is 0 Å². The molecular weight excluding hydrogens is 380 g/mol. The summed E-state index contributed by atoms with van der Waals surface area (Å²) in [6, 6.07) is 7.73. The molecule has 158 valence electrons. The van der Waals surface area contributed by atoms with Crippen LogP contribution < -0.4 is 5.32 Å². The van der Waals surface area contributed by atoms with Crippen LogP contribution in [-0.4, -0.2) is 39.9 Å². The molecule has 1 N–H and O–H groups in total. The van der Waals surface area contributed by atoms with Crippen LogP contribution in [0, 0.1) is 12.8 Å². The number of carbonyl (C=O) groups is 2. The van der Waals surface area contributed by atoms with Crippen molar-refractivity contribution in [2.24, 2.45) is 5.92 Å². The number of hydrogen-bond donors (Lipinski definition) is 1. The molecule has 1 aliphatic heterocycles. The molecule has 5 heteroatoms. The first kappa shape index (κ1) is 20.8. The van der Waals surface area contributed by atoms with Crippen molar-refractivity contribution < 1.29 is 9.59 Å². The predicted octanol–water partition coefficient (Wildman–Crippen LogP) is 4.91. The topological polar surface area (TPSA) is 49.4 Å². The third-order valence-corrected chi connectivity index (χ3v) is 8.41. The van der Waals surface area contributed by atoms with Crippen molar-refractivity contribution >= 4 is 23.6 Å². The Morgan fingerprint density at radius 3 is 2.31 bits per heavy atom. The Balaban J connectivity index is 1.56. The average Bonchev–Trinajstić information content (AvgIpc) is 3.20. The van der Waals surface area contributed by atoms with E-state index in [1.54, 1.807) is 0 Å². The number of thioether (sulfide) groups is 1. The molecule has 3 aliphatic rings. The minimum absolute atomic E-state index is 0.0347. The zero-order valence-corrected chi connectivity index (χ0v) is 18.4. The van der Waals surface area contributed by atoms with Gasteiger partial charge in [-0.25, -0.2) is 0 Å². The van der Waals surface area contributed by atoms with Gasteiger partial charge in [-0.3, -0.25) is 9.59 Å². The van der Waals surface area contributed by atoms with E-state index in [-0.39, 0.29) is 29.3 Å². The van der Waals surface area contributed by atoms with Crippen molar-refractivity contribution in [3.05, 3.63) is 35.4 Å². The van der Waals surface area contributed by atoms with E-state index in [0.717, 1.165) is 29.7 Å². The highest BCUT2D eigenvalue weighted by Gasteiger charge is 2.45. The lowest BCUT2D eigenvalue weighted by Gasteiger charge is -2.36. The van der Waals surface area contributed by atoms with Gasteiger partial charge in [0.05, 0.1) is 5.37 Å². The molecule has 1 heterocycles. The molecule has 0 bridgehead atoms. The maximum Gasteiger partial charge on any atom is 0.255 e. The van der Waals surface area contributed by atoms with Crippen molar-refractivity contribution in [1.29, 1.82) is 0 Å². The van der Waals surface area contributed by atoms with E-state index in [9.17, 15) is 9.59 Å². The third-order valence-electron chi connectivity index (χ3n) is 6.95. The van der Waals surface area contributed by atoms with Gasteiger partial charge in [0.2, 0.25) is 5.91 Å². The van der Waals surface area contributed by atoms with Gasteiger partial charge in [0.25, 0.3) is 5.91 Å². The van der Waals surface area contributed by atoms with Gasteiger partial charge in [0, 0.05) is 17.4 Å². The molecule has 1 aromatic carbocycles. The second-order valence-electron chi connectivity index (χ2n) is 9.01. The Labute approximate surface area is 179 Å². The Morgan fingerprint density at radius 2 is 1.62 bits per heavy atom. The Hall–Kier alpha value is -1.49. The second-order valence-corrected chi connectivity index (χ2v) is 10.2. The van der Waals surface area contributed by atoms with E-state index in [1.807, 2.05) is 47.9 Å². The lowest BCUT2D eigenvalue weighted by atomic mass is 9.88. The highest BCUT2D eigenvalue weighted by molar-refractivity contribution is 8.00. The number of rotatable bonds is 4. The Morgan fingerprint density at radius 1 is 0.966 bits per heavy atom. The smallest absolute Gasteiger partial charge is 0.255 e. The molecule has 2 amide bonds. The highest BCUT2D eigenvalue weighted by Crippen LogP contribution is 2.41. The fourth-order valence-corrected chi connectivity index (χ4v) is 6.90. The summed E-state index contributed by atoms with van der Waals surface area (Å²) < 4.78 is 0. The lowest BCUT2D eigenvalue weighted by Crippen LogP contribution is -2.53. The summed E-state index contributed by atoms with van der Waals surface area (Å²) in [6.45, 7) is 1.99. The SMILES string of the molecule is Cc1ccccc1C(=O)N1C(C(=O)NC2CCCCC2)CSC1C1CCCCC1. The van der Waals surface area contributed by atoms with Crippen LogP contribution >= 0.6 is 11.8 Å². The zero-order chi connectivity index (χ0) is 20.2. The minimum Gasteiger partial charge on any atom is -0.352 e. The second kappa shape index (κ2) is 9.55. The standard InChI is InChI=1S/C24H34N2O2S/c1-17-10-8-9-15-20(17)23(28)26-21(22(27)25-19-13-6-3-7-14-19)16-29-24(26)18-11-4-2-5-12-18/h8-10,15,18-19,21,24H,2-7,11-14,16H2,1H3,(H,25,27). The summed E-state index contributed by atoms with van der Waals surface area (Å²) in [5, 5.41) is 3.42. The summed E-state index contributed by atoms with van der Waals surface area (Å²) in [6.07, 6.45) is 11.9. The first-order chi connectivity index (χ1) is 14.1. The number of aryl methyl sites for hydroxylation is 1. The van der Waals surface area contributed by atoms with E-state index in [4.69, 9.17) is 0 Å². The number of amides is 2.